The summed E-state index contributed by atoms with van der Waals surface area (Å²) in [4.78, 5) is 17.0. The SMILES string of the molecule is C[Si]1(C)c2ccccc2N(c2ccccc2)c2cc3c(cc21)c1ccccc1n3-c1c(C#N)cc(-c2nc(-c3ccccc3)nc(-c3ccccc3)n2)cc1C#N. The van der Waals surface area contributed by atoms with E-state index in [1.807, 2.05) is 72.8 Å². The molecule has 0 radical (unpaired) electrons. The van der Waals surface area contributed by atoms with Crippen molar-refractivity contribution >= 4 is 57.3 Å². The normalized spacial score (nSPS) is 12.8. The molecule has 0 atom stereocenters. The molecule has 0 saturated carbocycles. The first-order valence-corrected chi connectivity index (χ1v) is 21.8. The molecule has 0 aliphatic carbocycles. The van der Waals surface area contributed by atoms with E-state index < -0.39 is 8.07 Å². The number of anilines is 3. The summed E-state index contributed by atoms with van der Waals surface area (Å²) in [6.45, 7) is 4.85. The van der Waals surface area contributed by atoms with Crippen LogP contribution in [-0.2, 0) is 0 Å². The van der Waals surface area contributed by atoms with Crippen LogP contribution < -0.4 is 15.3 Å². The summed E-state index contributed by atoms with van der Waals surface area (Å²) in [6.07, 6.45) is 0. The minimum absolute atomic E-state index is 0.340. The van der Waals surface area contributed by atoms with Gasteiger partial charge in [0.2, 0.25) is 0 Å². The van der Waals surface area contributed by atoms with Gasteiger partial charge in [0.25, 0.3) is 0 Å². The second-order valence-corrected chi connectivity index (χ2v) is 19.1. The van der Waals surface area contributed by atoms with Gasteiger partial charge in [-0.25, -0.2) is 15.0 Å². The highest BCUT2D eigenvalue weighted by Crippen LogP contribution is 2.43. The van der Waals surface area contributed by atoms with E-state index in [9.17, 15) is 10.5 Å². The molecular formula is C49H33N7Si. The number of hydrogen-bond donors (Lipinski definition) is 0. The number of nitriles is 2. The molecule has 0 N–H and O–H groups in total. The third-order valence-corrected chi connectivity index (χ3v) is 14.6. The van der Waals surface area contributed by atoms with Crippen molar-refractivity contribution in [1.29, 1.82) is 10.5 Å². The Kier molecular flexibility index (Phi) is 7.89. The summed E-state index contributed by atoms with van der Waals surface area (Å²) < 4.78 is 2.10. The standard InChI is InChI=1S/C49H33N7Si/c1-57(2)44-25-15-14-24-41(44)55(37-20-10-5-11-21-37)43-29-42-39(28-45(43)57)38-22-12-13-23-40(38)56(42)46-35(30-50)26-34(27-36(46)31-51)49-53-47(32-16-6-3-7-17-32)52-48(54-49)33-18-8-4-9-19-33/h3-29H,1-2H3. The van der Waals surface area contributed by atoms with Gasteiger partial charge in [0.05, 0.1) is 27.8 Å². The zero-order valence-corrected chi connectivity index (χ0v) is 32.2. The zero-order chi connectivity index (χ0) is 38.7. The lowest BCUT2D eigenvalue weighted by Gasteiger charge is -2.41. The monoisotopic (exact) mass is 747 g/mol. The highest BCUT2D eigenvalue weighted by atomic mass is 28.3. The first-order valence-electron chi connectivity index (χ1n) is 18.8. The summed E-state index contributed by atoms with van der Waals surface area (Å²) in [7, 11) is -2.19. The second kappa shape index (κ2) is 13.3. The number of nitrogens with zero attached hydrogens (tertiary/aromatic N) is 7. The smallest absolute Gasteiger partial charge is 0.164 e. The van der Waals surface area contributed by atoms with Crippen molar-refractivity contribution in [3.05, 3.63) is 175 Å². The fourth-order valence-corrected chi connectivity index (χ4v) is 11.3. The average molecular weight is 748 g/mol. The Morgan fingerprint density at radius 1 is 0.474 bits per heavy atom. The molecule has 1 aliphatic heterocycles. The summed E-state index contributed by atoms with van der Waals surface area (Å²) in [5, 5.41) is 26.7. The van der Waals surface area contributed by atoms with Gasteiger partial charge in [-0.3, -0.25) is 0 Å². The third-order valence-electron chi connectivity index (χ3n) is 11.1. The number of hydrogen-bond acceptors (Lipinski definition) is 6. The minimum atomic E-state index is -2.19. The van der Waals surface area contributed by atoms with Gasteiger partial charge in [-0.1, -0.05) is 134 Å². The van der Waals surface area contributed by atoms with Crippen molar-refractivity contribution in [2.24, 2.45) is 0 Å². The van der Waals surface area contributed by atoms with Crippen LogP contribution in [0.1, 0.15) is 11.1 Å². The predicted molar refractivity (Wildman–Crippen MR) is 231 cm³/mol. The Morgan fingerprint density at radius 3 is 1.61 bits per heavy atom. The molecule has 2 aromatic heterocycles. The van der Waals surface area contributed by atoms with Gasteiger partial charge in [-0.05, 0) is 52.8 Å². The van der Waals surface area contributed by atoms with E-state index in [-0.39, 0.29) is 0 Å². The van der Waals surface area contributed by atoms with Gasteiger partial charge in [0, 0.05) is 44.5 Å². The van der Waals surface area contributed by atoms with Crippen molar-refractivity contribution < 1.29 is 0 Å². The Balaban J connectivity index is 1.23. The lowest BCUT2D eigenvalue weighted by atomic mass is 10.0. The van der Waals surface area contributed by atoms with Gasteiger partial charge < -0.3 is 9.47 Å². The van der Waals surface area contributed by atoms with Crippen molar-refractivity contribution in [1.82, 2.24) is 19.5 Å². The van der Waals surface area contributed by atoms with Crippen molar-refractivity contribution in [3.63, 3.8) is 0 Å². The molecule has 10 rings (SSSR count). The lowest BCUT2D eigenvalue weighted by molar-refractivity contribution is 1.07. The lowest BCUT2D eigenvalue weighted by Crippen LogP contribution is -2.58. The molecule has 3 heterocycles. The Labute approximate surface area is 331 Å². The van der Waals surface area contributed by atoms with E-state index in [4.69, 9.17) is 15.0 Å². The molecule has 0 saturated heterocycles. The van der Waals surface area contributed by atoms with E-state index in [1.54, 1.807) is 12.1 Å². The molecule has 7 nitrogen and oxygen atoms in total. The molecule has 57 heavy (non-hydrogen) atoms. The molecule has 0 unspecified atom stereocenters. The Morgan fingerprint density at radius 2 is 1.00 bits per heavy atom. The number of fused-ring (bicyclic) bond motifs is 5. The zero-order valence-electron chi connectivity index (χ0n) is 31.2. The highest BCUT2D eigenvalue weighted by Gasteiger charge is 2.39. The Hall–Kier alpha value is -7.65. The van der Waals surface area contributed by atoms with Crippen molar-refractivity contribution in [2.45, 2.75) is 13.1 Å². The molecule has 0 spiro atoms. The van der Waals surface area contributed by atoms with E-state index >= 15 is 0 Å². The van der Waals surface area contributed by atoms with E-state index in [1.165, 1.54) is 16.1 Å². The molecule has 0 amide bonds. The van der Waals surface area contributed by atoms with Crippen LogP contribution in [0.25, 0.3) is 61.7 Å². The molecule has 0 fully saturated rings. The van der Waals surface area contributed by atoms with Crippen LogP contribution >= 0.6 is 0 Å². The molecule has 7 aromatic carbocycles. The molecular weight excluding hydrogens is 715 g/mol. The summed E-state index contributed by atoms with van der Waals surface area (Å²) in [6, 6.07) is 60.2. The fourth-order valence-electron chi connectivity index (χ4n) is 8.37. The number of benzene rings is 7. The van der Waals surface area contributed by atoms with Crippen LogP contribution in [0.2, 0.25) is 13.1 Å². The largest absolute Gasteiger partial charge is 0.311 e. The summed E-state index contributed by atoms with van der Waals surface area (Å²) in [5.41, 5.74) is 8.61. The first-order chi connectivity index (χ1) is 27.9. The van der Waals surface area contributed by atoms with E-state index in [0.717, 1.165) is 44.3 Å². The Bertz CT molecular complexity index is 3030. The molecule has 0 bridgehead atoms. The van der Waals surface area contributed by atoms with E-state index in [0.29, 0.717) is 39.9 Å². The van der Waals surface area contributed by atoms with Crippen LogP contribution in [0.5, 0.6) is 0 Å². The van der Waals surface area contributed by atoms with Crippen molar-refractivity contribution in [2.75, 3.05) is 4.90 Å². The molecule has 1 aliphatic rings. The van der Waals surface area contributed by atoms with Gasteiger partial charge in [-0.15, -0.1) is 0 Å². The molecule has 8 heteroatoms. The van der Waals surface area contributed by atoms with Gasteiger partial charge in [0.1, 0.15) is 20.2 Å². The maximum Gasteiger partial charge on any atom is 0.164 e. The first kappa shape index (κ1) is 33.9. The maximum atomic E-state index is 10.9. The van der Waals surface area contributed by atoms with Gasteiger partial charge >= 0.3 is 0 Å². The van der Waals surface area contributed by atoms with Crippen LogP contribution in [0.3, 0.4) is 0 Å². The fraction of sp³-hybridized carbons (Fsp3) is 0.0408. The molecule has 268 valence electrons. The quantitative estimate of drug-likeness (QED) is 0.163. The minimum Gasteiger partial charge on any atom is -0.311 e. The van der Waals surface area contributed by atoms with Crippen LogP contribution in [0.15, 0.2) is 164 Å². The highest BCUT2D eigenvalue weighted by molar-refractivity contribution is 7.02. The third kappa shape index (κ3) is 5.43. The van der Waals surface area contributed by atoms with Gasteiger partial charge in [0.15, 0.2) is 17.5 Å². The average Bonchev–Trinajstić information content (AvgIpc) is 3.59. The number of aromatic nitrogens is 4. The van der Waals surface area contributed by atoms with Crippen molar-refractivity contribution in [3.8, 4) is 52.0 Å². The van der Waals surface area contributed by atoms with Crippen LogP contribution in [-0.4, -0.2) is 27.6 Å². The maximum absolute atomic E-state index is 10.9. The van der Waals surface area contributed by atoms with Crippen LogP contribution in [0.4, 0.5) is 17.1 Å². The van der Waals surface area contributed by atoms with E-state index in [2.05, 4.69) is 114 Å². The van der Waals surface area contributed by atoms with Gasteiger partial charge in [-0.2, -0.15) is 10.5 Å². The molecule has 9 aromatic rings. The summed E-state index contributed by atoms with van der Waals surface area (Å²) >= 11 is 0. The summed E-state index contributed by atoms with van der Waals surface area (Å²) in [5.74, 6) is 1.38. The topological polar surface area (TPSA) is 94.4 Å². The second-order valence-electron chi connectivity index (χ2n) is 14.7. The number of rotatable bonds is 5. The number of para-hydroxylation sites is 3. The predicted octanol–water partition coefficient (Wildman–Crippen LogP) is 10.3. The van der Waals surface area contributed by atoms with Crippen LogP contribution in [0, 0.1) is 22.7 Å².